The molecule has 0 amide bonds. The number of phenols is 1. The number of hydrogen-bond acceptors (Lipinski definition) is 3. The van der Waals surface area contributed by atoms with Gasteiger partial charge in [0.1, 0.15) is 5.75 Å². The van der Waals surface area contributed by atoms with Gasteiger partial charge in [0, 0.05) is 5.41 Å². The fourth-order valence-corrected chi connectivity index (χ4v) is 3.20. The number of benzene rings is 1. The predicted octanol–water partition coefficient (Wildman–Crippen LogP) is 2.16. The lowest BCUT2D eigenvalue weighted by Crippen LogP contribution is -2.15. The highest BCUT2D eigenvalue weighted by atomic mass is 16.5. The van der Waals surface area contributed by atoms with E-state index in [1.54, 1.807) is 6.07 Å². The number of esters is 1. The van der Waals surface area contributed by atoms with E-state index in [0.717, 1.165) is 19.3 Å². The van der Waals surface area contributed by atoms with Gasteiger partial charge in [-0.1, -0.05) is 6.07 Å². The molecule has 0 heterocycles. The molecule has 0 unspecified atom stereocenters. The first-order valence-electron chi connectivity index (χ1n) is 6.16. The highest BCUT2D eigenvalue weighted by Gasteiger charge is 2.62. The van der Waals surface area contributed by atoms with Crippen molar-refractivity contribution in [2.45, 2.75) is 31.6 Å². The van der Waals surface area contributed by atoms with Crippen LogP contribution >= 0.6 is 0 Å². The maximum Gasteiger partial charge on any atom is 0.309 e. The Hall–Kier alpha value is -1.51. The van der Waals surface area contributed by atoms with Gasteiger partial charge in [0.15, 0.2) is 0 Å². The van der Waals surface area contributed by atoms with E-state index in [-0.39, 0.29) is 17.3 Å². The first kappa shape index (κ1) is 10.6. The second-order valence-electron chi connectivity index (χ2n) is 5.01. The molecular formula is C14H16O3. The molecule has 0 bridgehead atoms. The molecule has 0 aliphatic heterocycles. The summed E-state index contributed by atoms with van der Waals surface area (Å²) in [5.41, 5.74) is 2.46. The van der Waals surface area contributed by atoms with Gasteiger partial charge in [-0.2, -0.15) is 0 Å². The summed E-state index contributed by atoms with van der Waals surface area (Å²) in [5, 5.41) is 9.45. The molecule has 1 spiro atoms. The monoisotopic (exact) mass is 232 g/mol. The Morgan fingerprint density at radius 2 is 2.41 bits per heavy atom. The Bertz CT molecular complexity index is 480. The van der Waals surface area contributed by atoms with Gasteiger partial charge in [0.2, 0.25) is 0 Å². The quantitative estimate of drug-likeness (QED) is 0.795. The van der Waals surface area contributed by atoms with E-state index in [9.17, 15) is 9.90 Å². The van der Waals surface area contributed by atoms with Crippen molar-refractivity contribution >= 4 is 5.97 Å². The van der Waals surface area contributed by atoms with Crippen LogP contribution in [0.5, 0.6) is 5.75 Å². The average Bonchev–Trinajstić information content (AvgIpc) is 2.92. The third-order valence-corrected chi connectivity index (χ3v) is 4.11. The van der Waals surface area contributed by atoms with Crippen LogP contribution < -0.4 is 0 Å². The number of fused-ring (bicyclic) bond motifs is 2. The highest BCUT2D eigenvalue weighted by Crippen LogP contribution is 2.62. The largest absolute Gasteiger partial charge is 0.508 e. The summed E-state index contributed by atoms with van der Waals surface area (Å²) < 4.78 is 5.10. The van der Waals surface area contributed by atoms with Gasteiger partial charge in [-0.25, -0.2) is 0 Å². The van der Waals surface area contributed by atoms with Crippen LogP contribution in [0.25, 0.3) is 0 Å². The van der Waals surface area contributed by atoms with Gasteiger partial charge in [0.05, 0.1) is 12.5 Å². The van der Waals surface area contributed by atoms with Crippen molar-refractivity contribution in [3.05, 3.63) is 29.3 Å². The minimum absolute atomic E-state index is 0.0231. The van der Waals surface area contributed by atoms with E-state index >= 15 is 0 Å². The average molecular weight is 232 g/mol. The molecule has 0 aromatic heterocycles. The standard InChI is InChI=1S/C14H16O3/c1-2-17-13(16)12-8-14(12)6-5-9-7-10(15)3-4-11(9)14/h3-4,7,12,15H,2,5-6,8H2,1H3/t12-,14-/m0/s1. The fraction of sp³-hybridized carbons (Fsp3) is 0.500. The number of phenolic OH excluding ortho intramolecular Hbond substituents is 1. The number of aryl methyl sites for hydroxylation is 1. The van der Waals surface area contributed by atoms with Gasteiger partial charge >= 0.3 is 5.97 Å². The molecule has 3 rings (SSSR count). The zero-order valence-corrected chi connectivity index (χ0v) is 9.90. The summed E-state index contributed by atoms with van der Waals surface area (Å²) in [4.78, 5) is 11.8. The molecule has 2 aliphatic rings. The van der Waals surface area contributed by atoms with Crippen molar-refractivity contribution in [3.63, 3.8) is 0 Å². The van der Waals surface area contributed by atoms with Crippen molar-refractivity contribution in [1.29, 1.82) is 0 Å². The van der Waals surface area contributed by atoms with Crippen molar-refractivity contribution in [2.75, 3.05) is 6.61 Å². The Labute approximate surface area is 100 Å². The first-order chi connectivity index (χ1) is 8.17. The summed E-state index contributed by atoms with van der Waals surface area (Å²) in [6.45, 7) is 2.29. The lowest BCUT2D eigenvalue weighted by Gasteiger charge is -2.11. The highest BCUT2D eigenvalue weighted by molar-refractivity contribution is 5.80. The third kappa shape index (κ3) is 1.45. The number of rotatable bonds is 2. The minimum Gasteiger partial charge on any atom is -0.508 e. The number of aromatic hydroxyl groups is 1. The molecule has 1 aromatic carbocycles. The van der Waals surface area contributed by atoms with Crippen molar-refractivity contribution in [2.24, 2.45) is 5.92 Å². The zero-order chi connectivity index (χ0) is 12.0. The Morgan fingerprint density at radius 3 is 3.18 bits per heavy atom. The van der Waals surface area contributed by atoms with E-state index < -0.39 is 0 Å². The van der Waals surface area contributed by atoms with Gasteiger partial charge in [-0.05, 0) is 49.4 Å². The normalized spacial score (nSPS) is 29.1. The van der Waals surface area contributed by atoms with Crippen LogP contribution in [-0.4, -0.2) is 17.7 Å². The van der Waals surface area contributed by atoms with Gasteiger partial charge < -0.3 is 9.84 Å². The van der Waals surface area contributed by atoms with E-state index in [0.29, 0.717) is 12.4 Å². The Balaban J connectivity index is 1.88. The molecule has 3 nitrogen and oxygen atoms in total. The fourth-order valence-electron chi connectivity index (χ4n) is 3.20. The number of hydrogen-bond donors (Lipinski definition) is 1. The molecule has 1 N–H and O–H groups in total. The van der Waals surface area contributed by atoms with Crippen LogP contribution in [0.2, 0.25) is 0 Å². The third-order valence-electron chi connectivity index (χ3n) is 4.11. The molecule has 2 atom stereocenters. The topological polar surface area (TPSA) is 46.5 Å². The molecule has 0 saturated heterocycles. The van der Waals surface area contributed by atoms with Crippen LogP contribution in [0.4, 0.5) is 0 Å². The molecule has 1 aromatic rings. The van der Waals surface area contributed by atoms with Crippen LogP contribution in [0, 0.1) is 5.92 Å². The summed E-state index contributed by atoms with van der Waals surface area (Å²) >= 11 is 0. The maximum absolute atomic E-state index is 11.8. The molecule has 1 saturated carbocycles. The molecule has 1 fully saturated rings. The van der Waals surface area contributed by atoms with Crippen LogP contribution in [-0.2, 0) is 21.4 Å². The van der Waals surface area contributed by atoms with E-state index in [1.165, 1.54) is 11.1 Å². The van der Waals surface area contributed by atoms with Crippen LogP contribution in [0.3, 0.4) is 0 Å². The Kier molecular flexibility index (Phi) is 2.18. The molecule has 17 heavy (non-hydrogen) atoms. The number of carbonyl (C=O) groups is 1. The second-order valence-corrected chi connectivity index (χ2v) is 5.01. The zero-order valence-electron chi connectivity index (χ0n) is 9.90. The van der Waals surface area contributed by atoms with E-state index in [2.05, 4.69) is 0 Å². The molecule has 90 valence electrons. The van der Waals surface area contributed by atoms with Gasteiger partial charge in [-0.3, -0.25) is 4.79 Å². The molecule has 2 aliphatic carbocycles. The first-order valence-corrected chi connectivity index (χ1v) is 6.16. The summed E-state index contributed by atoms with van der Waals surface area (Å²) in [5.74, 6) is 0.288. The van der Waals surface area contributed by atoms with Gasteiger partial charge in [-0.15, -0.1) is 0 Å². The van der Waals surface area contributed by atoms with Crippen molar-refractivity contribution < 1.29 is 14.6 Å². The second kappa shape index (κ2) is 3.49. The molecular weight excluding hydrogens is 216 g/mol. The Morgan fingerprint density at radius 1 is 1.59 bits per heavy atom. The molecule has 0 radical (unpaired) electrons. The smallest absolute Gasteiger partial charge is 0.309 e. The summed E-state index contributed by atoms with van der Waals surface area (Å²) in [7, 11) is 0. The maximum atomic E-state index is 11.8. The van der Waals surface area contributed by atoms with Crippen LogP contribution in [0.1, 0.15) is 30.9 Å². The summed E-state index contributed by atoms with van der Waals surface area (Å²) in [6.07, 6.45) is 2.87. The minimum atomic E-state index is -0.0616. The van der Waals surface area contributed by atoms with Crippen molar-refractivity contribution in [1.82, 2.24) is 0 Å². The van der Waals surface area contributed by atoms with E-state index in [4.69, 9.17) is 4.74 Å². The van der Waals surface area contributed by atoms with E-state index in [1.807, 2.05) is 19.1 Å². The van der Waals surface area contributed by atoms with Gasteiger partial charge in [0.25, 0.3) is 0 Å². The number of ether oxygens (including phenoxy) is 1. The molecule has 3 heteroatoms. The van der Waals surface area contributed by atoms with Crippen LogP contribution in [0.15, 0.2) is 18.2 Å². The predicted molar refractivity (Wildman–Crippen MR) is 62.8 cm³/mol. The number of carbonyl (C=O) groups excluding carboxylic acids is 1. The lowest BCUT2D eigenvalue weighted by atomic mass is 9.95. The summed E-state index contributed by atoms with van der Waals surface area (Å²) in [6, 6.07) is 5.51. The van der Waals surface area contributed by atoms with Crippen molar-refractivity contribution in [3.8, 4) is 5.75 Å². The lowest BCUT2D eigenvalue weighted by molar-refractivity contribution is -0.145. The SMILES string of the molecule is CCOC(=O)[C@@H]1C[C@]12CCc1cc(O)ccc12.